The van der Waals surface area contributed by atoms with Crippen molar-refractivity contribution in [1.29, 1.82) is 0 Å². The number of hydrogen-bond donors (Lipinski definition) is 0. The van der Waals surface area contributed by atoms with Crippen molar-refractivity contribution >= 4 is 11.9 Å². The molecule has 2 aromatic carbocycles. The topological polar surface area (TPSA) is 80.3 Å². The zero-order valence-electron chi connectivity index (χ0n) is 11.5. The van der Waals surface area contributed by atoms with Crippen LogP contribution in [-0.2, 0) is 50.1 Å². The van der Waals surface area contributed by atoms with Crippen LogP contribution in [0.2, 0.25) is 0 Å². The van der Waals surface area contributed by atoms with E-state index in [1.807, 2.05) is 12.1 Å². The number of hydrogen-bond acceptors (Lipinski definition) is 4. The standard InChI is InChI=1S/2C8H8O2.Hg/c2*9-8(10)6-7-4-2-1-3-5-7;/h2*1-5H,6H2,(H,9,10);/q;;+2/p-2. The van der Waals surface area contributed by atoms with E-state index < -0.39 is 11.9 Å². The molecule has 0 aliphatic rings. The molecule has 0 amide bonds. The normalized spacial score (nSPS) is 8.76. The number of benzene rings is 2. The molecule has 0 aliphatic carbocycles. The van der Waals surface area contributed by atoms with E-state index in [1.54, 1.807) is 48.5 Å². The van der Waals surface area contributed by atoms with E-state index in [1.165, 1.54) is 0 Å². The van der Waals surface area contributed by atoms with Gasteiger partial charge in [-0.3, -0.25) is 0 Å². The first-order valence-electron chi connectivity index (χ1n) is 6.05. The van der Waals surface area contributed by atoms with Gasteiger partial charge in [0.15, 0.2) is 0 Å². The van der Waals surface area contributed by atoms with Crippen LogP contribution in [0.5, 0.6) is 0 Å². The third-order valence-corrected chi connectivity index (χ3v) is 2.38. The first kappa shape index (κ1) is 19.3. The summed E-state index contributed by atoms with van der Waals surface area (Å²) in [6.07, 6.45) is 0.00167. The van der Waals surface area contributed by atoms with Crippen molar-refractivity contribution in [2.75, 3.05) is 0 Å². The number of carbonyl (C=O) groups excluding carboxylic acids is 2. The molecule has 0 fully saturated rings. The third-order valence-electron chi connectivity index (χ3n) is 2.38. The summed E-state index contributed by atoms with van der Waals surface area (Å²) in [6, 6.07) is 17.9. The Morgan fingerprint density at radius 3 is 1.19 bits per heavy atom. The largest absolute Gasteiger partial charge is 2.00 e. The molecule has 0 N–H and O–H groups in total. The van der Waals surface area contributed by atoms with Crippen LogP contribution in [0, 0.1) is 0 Å². The summed E-state index contributed by atoms with van der Waals surface area (Å²) < 4.78 is 0. The minimum Gasteiger partial charge on any atom is -0.550 e. The van der Waals surface area contributed by atoms with Crippen molar-refractivity contribution in [1.82, 2.24) is 0 Å². The molecule has 0 aromatic heterocycles. The second-order valence-electron chi connectivity index (χ2n) is 4.07. The molecule has 0 bridgehead atoms. The van der Waals surface area contributed by atoms with Crippen LogP contribution in [0.15, 0.2) is 60.7 Å². The summed E-state index contributed by atoms with van der Waals surface area (Å²) in [5.74, 6) is -2.07. The van der Waals surface area contributed by atoms with E-state index in [4.69, 9.17) is 0 Å². The van der Waals surface area contributed by atoms with Crippen LogP contribution in [0.3, 0.4) is 0 Å². The Balaban J connectivity index is 0.000000364. The van der Waals surface area contributed by atoms with Gasteiger partial charge in [0.05, 0.1) is 0 Å². The molecule has 0 spiro atoms. The van der Waals surface area contributed by atoms with E-state index in [2.05, 4.69) is 0 Å². The van der Waals surface area contributed by atoms with Crippen LogP contribution in [0.1, 0.15) is 11.1 Å². The molecule has 2 rings (SSSR count). The maximum absolute atomic E-state index is 10.1. The fourth-order valence-electron chi connectivity index (χ4n) is 1.53. The number of carbonyl (C=O) groups is 2. The Morgan fingerprint density at radius 1 is 0.667 bits per heavy atom. The molecule has 0 heterocycles. The maximum Gasteiger partial charge on any atom is 2.00 e. The quantitative estimate of drug-likeness (QED) is 0.587. The summed E-state index contributed by atoms with van der Waals surface area (Å²) in [6.45, 7) is 0. The molecule has 0 saturated heterocycles. The second kappa shape index (κ2) is 11.0. The van der Waals surface area contributed by atoms with E-state index in [9.17, 15) is 19.8 Å². The first-order valence-corrected chi connectivity index (χ1v) is 6.05. The summed E-state index contributed by atoms with van der Waals surface area (Å²) in [5.41, 5.74) is 1.56. The van der Waals surface area contributed by atoms with E-state index in [0.717, 1.165) is 11.1 Å². The van der Waals surface area contributed by atoms with Crippen molar-refractivity contribution in [3.8, 4) is 0 Å². The van der Waals surface area contributed by atoms with Crippen LogP contribution >= 0.6 is 0 Å². The summed E-state index contributed by atoms with van der Waals surface area (Å²) in [5, 5.41) is 20.1. The van der Waals surface area contributed by atoms with Crippen LogP contribution < -0.4 is 10.2 Å². The van der Waals surface area contributed by atoms with E-state index in [-0.39, 0.29) is 40.5 Å². The molecule has 21 heavy (non-hydrogen) atoms. The van der Waals surface area contributed by atoms with Gasteiger partial charge in [-0.2, -0.15) is 0 Å². The van der Waals surface area contributed by atoms with Gasteiger partial charge in [-0.1, -0.05) is 60.7 Å². The van der Waals surface area contributed by atoms with Gasteiger partial charge in [0.2, 0.25) is 0 Å². The van der Waals surface area contributed by atoms with Crippen LogP contribution in [-0.4, -0.2) is 11.9 Å². The molecule has 2 aromatic rings. The number of carboxylic acids is 2. The minimum absolute atomic E-state index is 0. The van der Waals surface area contributed by atoms with Gasteiger partial charge in [-0.05, 0) is 11.1 Å². The summed E-state index contributed by atoms with van der Waals surface area (Å²) >= 11 is 0. The fraction of sp³-hybridized carbons (Fsp3) is 0.125. The molecular formula is C16H14HgO4. The van der Waals surface area contributed by atoms with Crippen molar-refractivity contribution < 1.29 is 47.5 Å². The van der Waals surface area contributed by atoms with E-state index >= 15 is 0 Å². The van der Waals surface area contributed by atoms with Gasteiger partial charge >= 0.3 is 27.7 Å². The molecule has 104 valence electrons. The van der Waals surface area contributed by atoms with Crippen molar-refractivity contribution in [2.24, 2.45) is 0 Å². The average molecular weight is 471 g/mol. The van der Waals surface area contributed by atoms with Crippen molar-refractivity contribution in [3.63, 3.8) is 0 Å². The number of rotatable bonds is 4. The van der Waals surface area contributed by atoms with E-state index in [0.29, 0.717) is 0 Å². The molecular weight excluding hydrogens is 457 g/mol. The van der Waals surface area contributed by atoms with Crippen molar-refractivity contribution in [2.45, 2.75) is 12.8 Å². The molecule has 0 saturated carbocycles. The van der Waals surface area contributed by atoms with Gasteiger partial charge in [-0.15, -0.1) is 0 Å². The molecule has 0 atom stereocenters. The molecule has 4 nitrogen and oxygen atoms in total. The second-order valence-corrected chi connectivity index (χ2v) is 4.07. The molecule has 0 unspecified atom stereocenters. The molecule has 0 radical (unpaired) electrons. The SMILES string of the molecule is O=C([O-])Cc1ccccc1.O=C([O-])Cc1ccccc1.[Hg+2]. The predicted molar refractivity (Wildman–Crippen MR) is 70.3 cm³/mol. The number of carboxylic acid groups (broad SMARTS) is 2. The monoisotopic (exact) mass is 472 g/mol. The zero-order valence-corrected chi connectivity index (χ0v) is 17.0. The Morgan fingerprint density at radius 2 is 0.952 bits per heavy atom. The Hall–Kier alpha value is -1.68. The minimum atomic E-state index is -1.04. The van der Waals surface area contributed by atoms with Gasteiger partial charge < -0.3 is 19.8 Å². The fourth-order valence-corrected chi connectivity index (χ4v) is 1.53. The molecule has 0 aliphatic heterocycles. The summed E-state index contributed by atoms with van der Waals surface area (Å²) in [7, 11) is 0. The number of aliphatic carboxylic acids is 2. The predicted octanol–water partition coefficient (Wildman–Crippen LogP) is -0.0445. The Kier molecular flexibility index (Phi) is 10.1. The molecule has 5 heteroatoms. The van der Waals surface area contributed by atoms with Crippen molar-refractivity contribution in [3.05, 3.63) is 71.8 Å². The van der Waals surface area contributed by atoms with Crippen LogP contribution in [0.25, 0.3) is 0 Å². The average Bonchev–Trinajstić information content (AvgIpc) is 2.40. The Bertz CT molecular complexity index is 489. The Labute approximate surface area is 143 Å². The third kappa shape index (κ3) is 9.79. The van der Waals surface area contributed by atoms with Gasteiger partial charge in [-0.25, -0.2) is 0 Å². The van der Waals surface area contributed by atoms with Gasteiger partial charge in [0.25, 0.3) is 0 Å². The van der Waals surface area contributed by atoms with Crippen LogP contribution in [0.4, 0.5) is 0 Å². The maximum atomic E-state index is 10.1. The van der Waals surface area contributed by atoms with Gasteiger partial charge in [0, 0.05) is 24.8 Å². The van der Waals surface area contributed by atoms with Gasteiger partial charge in [0.1, 0.15) is 0 Å². The first-order chi connectivity index (χ1) is 9.58. The summed E-state index contributed by atoms with van der Waals surface area (Å²) in [4.78, 5) is 20.1. The zero-order chi connectivity index (χ0) is 14.8. The smallest absolute Gasteiger partial charge is 0.550 e.